The molecule has 0 spiro atoms. The van der Waals surface area contributed by atoms with Crippen LogP contribution in [0, 0.1) is 6.92 Å². The lowest BCUT2D eigenvalue weighted by Crippen LogP contribution is -2.19. The van der Waals surface area contributed by atoms with E-state index in [2.05, 4.69) is 10.6 Å². The number of rotatable bonds is 4. The van der Waals surface area contributed by atoms with Gasteiger partial charge in [0.25, 0.3) is 0 Å². The zero-order chi connectivity index (χ0) is 18.4. The predicted octanol–water partition coefficient (Wildman–Crippen LogP) is 5.28. The molecule has 0 unspecified atom stereocenters. The Morgan fingerprint density at radius 3 is 2.00 bits per heavy atom. The maximum absolute atomic E-state index is 12.0. The highest BCUT2D eigenvalue weighted by molar-refractivity contribution is 7.08. The topological polar surface area (TPSA) is 76.7 Å². The molecule has 0 bridgehead atoms. The highest BCUT2D eigenvalue weighted by Gasteiger charge is 2.15. The molecule has 2 amide bonds. The van der Waals surface area contributed by atoms with Crippen LogP contribution < -0.4 is 20.1 Å². The van der Waals surface area contributed by atoms with Crippen molar-refractivity contribution in [3.63, 3.8) is 0 Å². The summed E-state index contributed by atoms with van der Waals surface area (Å²) in [5, 5.41) is 8.39. The number of hydrogen-bond acceptors (Lipinski definition) is 5. The van der Waals surface area contributed by atoms with E-state index >= 15 is 0 Å². The normalized spacial score (nSPS) is 10.0. The second-order valence-electron chi connectivity index (χ2n) is 5.36. The first-order chi connectivity index (χ1) is 12.6. The van der Waals surface area contributed by atoms with Gasteiger partial charge in [-0.1, -0.05) is 30.3 Å². The van der Waals surface area contributed by atoms with E-state index in [1.165, 1.54) is 11.3 Å². The first-order valence-electron chi connectivity index (χ1n) is 7.76. The molecule has 3 rings (SSSR count). The lowest BCUT2D eigenvalue weighted by Gasteiger charge is -2.09. The molecule has 2 aromatic carbocycles. The Balaban J connectivity index is 1.59. The molecule has 1 aromatic heterocycles. The van der Waals surface area contributed by atoms with Crippen LogP contribution in [0.5, 0.6) is 11.5 Å². The van der Waals surface area contributed by atoms with E-state index in [1.807, 2.05) is 31.2 Å². The molecule has 0 atom stereocenters. The van der Waals surface area contributed by atoms with Crippen LogP contribution in [-0.2, 0) is 0 Å². The second-order valence-corrected chi connectivity index (χ2v) is 6.11. The molecule has 132 valence electrons. The molecule has 26 heavy (non-hydrogen) atoms. The molecule has 0 aliphatic carbocycles. The van der Waals surface area contributed by atoms with Crippen LogP contribution in [0.3, 0.4) is 0 Å². The van der Waals surface area contributed by atoms with Crippen LogP contribution in [0.1, 0.15) is 5.56 Å². The molecule has 7 heteroatoms. The van der Waals surface area contributed by atoms with Crippen molar-refractivity contribution in [2.75, 3.05) is 10.6 Å². The Morgan fingerprint density at radius 2 is 1.38 bits per heavy atom. The van der Waals surface area contributed by atoms with Crippen molar-refractivity contribution >= 4 is 34.9 Å². The Hall–Kier alpha value is -3.32. The third kappa shape index (κ3) is 4.84. The number of anilines is 2. The van der Waals surface area contributed by atoms with Crippen LogP contribution in [-0.4, -0.2) is 12.2 Å². The van der Waals surface area contributed by atoms with Crippen LogP contribution in [0.15, 0.2) is 65.4 Å². The van der Waals surface area contributed by atoms with E-state index in [4.69, 9.17) is 9.47 Å². The van der Waals surface area contributed by atoms with E-state index in [-0.39, 0.29) is 11.5 Å². The number of nitrogens with one attached hydrogen (secondary N) is 2. The summed E-state index contributed by atoms with van der Waals surface area (Å²) in [5.41, 5.74) is 2.24. The highest BCUT2D eigenvalue weighted by atomic mass is 32.1. The van der Waals surface area contributed by atoms with Gasteiger partial charge in [-0.05, 0) is 36.8 Å². The van der Waals surface area contributed by atoms with Gasteiger partial charge in [0.15, 0.2) is 11.5 Å². The maximum Gasteiger partial charge on any atom is 0.417 e. The quantitative estimate of drug-likeness (QED) is 0.657. The van der Waals surface area contributed by atoms with Crippen molar-refractivity contribution in [3.8, 4) is 11.5 Å². The third-order valence-electron chi connectivity index (χ3n) is 3.28. The molecule has 0 saturated heterocycles. The highest BCUT2D eigenvalue weighted by Crippen LogP contribution is 2.32. The molecule has 0 aliphatic heterocycles. The molecule has 0 fully saturated rings. The Bertz CT molecular complexity index is 909. The summed E-state index contributed by atoms with van der Waals surface area (Å²) in [6.45, 7) is 1.92. The standard InChI is InChI=1S/C19H16N2O4S/c1-13-6-5-9-15(10-13)21-19(23)25-17-12-26-11-16(17)24-18(22)20-14-7-3-2-4-8-14/h2-12H,1H3,(H,20,22)(H,21,23). The van der Waals surface area contributed by atoms with Gasteiger partial charge in [-0.15, -0.1) is 11.3 Å². The van der Waals surface area contributed by atoms with Crippen LogP contribution in [0.25, 0.3) is 0 Å². The molecule has 2 N–H and O–H groups in total. The summed E-state index contributed by atoms with van der Waals surface area (Å²) in [6, 6.07) is 16.2. The van der Waals surface area contributed by atoms with Gasteiger partial charge in [0.05, 0.1) is 0 Å². The molecule has 1 heterocycles. The maximum atomic E-state index is 12.0. The van der Waals surface area contributed by atoms with Crippen molar-refractivity contribution in [1.29, 1.82) is 0 Å². The third-order valence-corrected chi connectivity index (χ3v) is 3.98. The number of carbonyl (C=O) groups is 2. The first kappa shape index (κ1) is 17.5. The molecular formula is C19H16N2O4S. The van der Waals surface area contributed by atoms with Crippen molar-refractivity contribution in [2.45, 2.75) is 6.92 Å². The van der Waals surface area contributed by atoms with Gasteiger partial charge in [-0.25, -0.2) is 9.59 Å². The number of benzene rings is 2. The van der Waals surface area contributed by atoms with Crippen molar-refractivity contribution in [3.05, 3.63) is 70.9 Å². The van der Waals surface area contributed by atoms with Gasteiger partial charge in [-0.3, -0.25) is 10.6 Å². The predicted molar refractivity (Wildman–Crippen MR) is 101 cm³/mol. The largest absolute Gasteiger partial charge is 0.417 e. The molecule has 3 aromatic rings. The zero-order valence-electron chi connectivity index (χ0n) is 13.9. The van der Waals surface area contributed by atoms with Crippen LogP contribution in [0.4, 0.5) is 21.0 Å². The fourth-order valence-corrected chi connectivity index (χ4v) is 2.80. The summed E-state index contributed by atoms with van der Waals surface area (Å²) in [7, 11) is 0. The summed E-state index contributed by atoms with van der Waals surface area (Å²) < 4.78 is 10.5. The summed E-state index contributed by atoms with van der Waals surface area (Å²) in [4.78, 5) is 24.0. The summed E-state index contributed by atoms with van der Waals surface area (Å²) in [6.07, 6.45) is -1.33. The Morgan fingerprint density at radius 1 is 0.808 bits per heavy atom. The van der Waals surface area contributed by atoms with E-state index in [9.17, 15) is 9.59 Å². The lowest BCUT2D eigenvalue weighted by atomic mass is 10.2. The van der Waals surface area contributed by atoms with E-state index in [0.29, 0.717) is 11.4 Å². The van der Waals surface area contributed by atoms with Crippen molar-refractivity contribution in [1.82, 2.24) is 0 Å². The molecular weight excluding hydrogens is 352 g/mol. The fourth-order valence-electron chi connectivity index (χ4n) is 2.15. The number of aryl methyl sites for hydroxylation is 1. The average Bonchev–Trinajstić information content (AvgIpc) is 3.02. The van der Waals surface area contributed by atoms with E-state index in [1.54, 1.807) is 41.1 Å². The minimum atomic E-state index is -0.668. The minimum absolute atomic E-state index is 0.169. The number of amides is 2. The minimum Gasteiger partial charge on any atom is -0.405 e. The van der Waals surface area contributed by atoms with Gasteiger partial charge in [0, 0.05) is 22.1 Å². The van der Waals surface area contributed by atoms with Gasteiger partial charge in [-0.2, -0.15) is 0 Å². The van der Waals surface area contributed by atoms with Crippen molar-refractivity contribution in [2.24, 2.45) is 0 Å². The molecule has 0 aliphatic rings. The summed E-state index contributed by atoms with van der Waals surface area (Å²) in [5.74, 6) is 0.339. The molecule has 0 saturated carbocycles. The van der Waals surface area contributed by atoms with E-state index in [0.717, 1.165) is 5.56 Å². The van der Waals surface area contributed by atoms with Gasteiger partial charge in [0.1, 0.15) is 0 Å². The fraction of sp³-hybridized carbons (Fsp3) is 0.0526. The Labute approximate surface area is 154 Å². The Kier molecular flexibility index (Phi) is 5.50. The lowest BCUT2D eigenvalue weighted by molar-refractivity contribution is 0.205. The SMILES string of the molecule is Cc1cccc(NC(=O)Oc2cscc2OC(=O)Nc2ccccc2)c1. The molecule has 0 radical (unpaired) electrons. The number of hydrogen-bond donors (Lipinski definition) is 2. The average molecular weight is 368 g/mol. The number of thiophene rings is 1. The van der Waals surface area contributed by atoms with Gasteiger partial charge < -0.3 is 9.47 Å². The first-order valence-corrected chi connectivity index (χ1v) is 8.70. The number of carbonyl (C=O) groups excluding carboxylic acids is 2. The summed E-state index contributed by atoms with van der Waals surface area (Å²) >= 11 is 1.26. The van der Waals surface area contributed by atoms with Crippen molar-refractivity contribution < 1.29 is 19.1 Å². The van der Waals surface area contributed by atoms with Crippen LogP contribution >= 0.6 is 11.3 Å². The zero-order valence-corrected chi connectivity index (χ0v) is 14.7. The number of para-hydroxylation sites is 1. The number of ether oxygens (including phenoxy) is 2. The van der Waals surface area contributed by atoms with Gasteiger partial charge in [0.2, 0.25) is 0 Å². The van der Waals surface area contributed by atoms with Gasteiger partial charge >= 0.3 is 12.2 Å². The second kappa shape index (κ2) is 8.17. The monoisotopic (exact) mass is 368 g/mol. The smallest absolute Gasteiger partial charge is 0.405 e. The van der Waals surface area contributed by atoms with E-state index < -0.39 is 12.2 Å². The molecule has 6 nitrogen and oxygen atoms in total. The van der Waals surface area contributed by atoms with Crippen LogP contribution in [0.2, 0.25) is 0 Å².